The van der Waals surface area contributed by atoms with Crippen molar-refractivity contribution in [1.82, 2.24) is 4.90 Å². The van der Waals surface area contributed by atoms with Gasteiger partial charge in [0.15, 0.2) is 0 Å². The number of amidine groups is 2. The average Bonchev–Trinajstić information content (AvgIpc) is 2.85. The molecule has 0 bridgehead atoms. The van der Waals surface area contributed by atoms with E-state index in [2.05, 4.69) is 4.90 Å². The summed E-state index contributed by atoms with van der Waals surface area (Å²) in [6.07, 6.45) is 0. The fraction of sp³-hybridized carbons (Fsp3) is 0.286. The minimum absolute atomic E-state index is 0.0131. The predicted molar refractivity (Wildman–Crippen MR) is 141 cm³/mol. The summed E-state index contributed by atoms with van der Waals surface area (Å²) >= 11 is 0. The second kappa shape index (κ2) is 10.8. The van der Waals surface area contributed by atoms with Crippen molar-refractivity contribution in [3.05, 3.63) is 82.9 Å². The van der Waals surface area contributed by atoms with Crippen LogP contribution >= 0.6 is 0 Å². The van der Waals surface area contributed by atoms with Gasteiger partial charge in [-0.3, -0.25) is 20.6 Å². The lowest BCUT2D eigenvalue weighted by Gasteiger charge is -2.28. The van der Waals surface area contributed by atoms with Crippen LogP contribution < -0.4 is 4.90 Å². The molecule has 0 amide bonds. The van der Waals surface area contributed by atoms with Crippen molar-refractivity contribution >= 4 is 17.4 Å². The van der Waals surface area contributed by atoms with E-state index in [-0.39, 0.29) is 40.4 Å². The molecule has 188 valence electrons. The van der Waals surface area contributed by atoms with Gasteiger partial charge in [-0.2, -0.15) is 0 Å². The van der Waals surface area contributed by atoms with Gasteiger partial charge in [-0.05, 0) is 47.4 Å². The molecule has 8 heteroatoms. The molecule has 0 radical (unpaired) electrons. The van der Waals surface area contributed by atoms with Crippen LogP contribution in [0.2, 0.25) is 0 Å². The van der Waals surface area contributed by atoms with Crippen LogP contribution in [0.3, 0.4) is 0 Å². The van der Waals surface area contributed by atoms with Gasteiger partial charge in [0.1, 0.15) is 28.9 Å². The molecule has 0 atom stereocenters. The number of anilines is 1. The zero-order valence-electron chi connectivity index (χ0n) is 20.5. The van der Waals surface area contributed by atoms with Crippen molar-refractivity contribution in [3.63, 3.8) is 0 Å². The second-order valence-corrected chi connectivity index (χ2v) is 9.22. The van der Waals surface area contributed by atoms with E-state index >= 15 is 0 Å². The Hall–Kier alpha value is -3.88. The van der Waals surface area contributed by atoms with Crippen molar-refractivity contribution in [1.29, 1.82) is 10.8 Å². The summed E-state index contributed by atoms with van der Waals surface area (Å²) in [4.78, 5) is 3.73. The Labute approximate surface area is 211 Å². The summed E-state index contributed by atoms with van der Waals surface area (Å²) < 4.78 is 5.42. The number of benzene rings is 3. The zero-order valence-corrected chi connectivity index (χ0v) is 20.5. The van der Waals surface area contributed by atoms with E-state index in [0.717, 1.165) is 38.4 Å². The fourth-order valence-electron chi connectivity index (χ4n) is 4.29. The number of rotatable bonds is 6. The Bertz CT molecular complexity index is 1250. The number of nitrogens with zero attached hydrogens (tertiary/aromatic N) is 2. The molecular weight excluding hydrogens is 456 g/mol. The smallest absolute Gasteiger partial charge is 0.142 e. The molecule has 3 aromatic carbocycles. The molecule has 0 spiro atoms. The van der Waals surface area contributed by atoms with Crippen LogP contribution in [0.4, 0.5) is 5.69 Å². The van der Waals surface area contributed by atoms with Gasteiger partial charge in [-0.25, -0.2) is 0 Å². The molecule has 3 aromatic rings. The van der Waals surface area contributed by atoms with E-state index in [1.807, 2.05) is 38.1 Å². The van der Waals surface area contributed by atoms with E-state index in [1.165, 1.54) is 23.1 Å². The minimum atomic E-state index is -0.250. The topological polar surface area (TPSA) is 124 Å². The van der Waals surface area contributed by atoms with Gasteiger partial charge in [0.2, 0.25) is 0 Å². The van der Waals surface area contributed by atoms with E-state index in [4.69, 9.17) is 15.6 Å². The standard InChI is InChI=1S/C28H32N4O4/c1-18(2)23-15-24(26(35)16-25(23)34)28(30)32(27(29)20-4-3-5-22(33)14-20)21-8-6-19(7-9-21)17-31-10-12-36-13-11-31/h3-9,14-16,18,29-30,33-35H,10-13,17H2,1-2H3. The summed E-state index contributed by atoms with van der Waals surface area (Å²) in [6.45, 7) is 7.80. The SMILES string of the molecule is CC(C)c1cc(C(=N)N(C(=N)c2cccc(O)c2)c2ccc(CN3CCOCC3)cc2)c(O)cc1O. The third-order valence-electron chi connectivity index (χ3n) is 6.29. The first kappa shape index (κ1) is 25.2. The van der Waals surface area contributed by atoms with Crippen LogP contribution in [-0.4, -0.2) is 58.2 Å². The number of hydrogen-bond acceptors (Lipinski definition) is 7. The lowest BCUT2D eigenvalue weighted by atomic mass is 9.97. The molecule has 1 heterocycles. The van der Waals surface area contributed by atoms with E-state index in [9.17, 15) is 15.3 Å². The zero-order chi connectivity index (χ0) is 25.8. The Morgan fingerprint density at radius 2 is 1.61 bits per heavy atom. The predicted octanol–water partition coefficient (Wildman–Crippen LogP) is 4.62. The van der Waals surface area contributed by atoms with Crippen molar-refractivity contribution in [2.75, 3.05) is 31.2 Å². The third kappa shape index (κ3) is 5.50. The average molecular weight is 489 g/mol. The highest BCUT2D eigenvalue weighted by Gasteiger charge is 2.25. The molecule has 0 unspecified atom stereocenters. The fourth-order valence-corrected chi connectivity index (χ4v) is 4.29. The van der Waals surface area contributed by atoms with Gasteiger partial charge in [-0.15, -0.1) is 0 Å². The van der Waals surface area contributed by atoms with Crippen LogP contribution in [0.25, 0.3) is 0 Å². The normalized spacial score (nSPS) is 14.1. The van der Waals surface area contributed by atoms with Crippen LogP contribution in [0, 0.1) is 10.8 Å². The first-order chi connectivity index (χ1) is 17.2. The molecule has 1 aliphatic heterocycles. The Morgan fingerprint density at radius 1 is 0.917 bits per heavy atom. The Morgan fingerprint density at radius 3 is 2.25 bits per heavy atom. The maximum atomic E-state index is 10.6. The van der Waals surface area contributed by atoms with Gasteiger partial charge in [0, 0.05) is 37.0 Å². The van der Waals surface area contributed by atoms with Crippen molar-refractivity contribution in [2.24, 2.45) is 0 Å². The summed E-state index contributed by atoms with van der Waals surface area (Å²) in [7, 11) is 0. The number of aromatic hydroxyl groups is 3. The number of nitrogens with one attached hydrogen (secondary N) is 2. The highest BCUT2D eigenvalue weighted by Crippen LogP contribution is 2.34. The highest BCUT2D eigenvalue weighted by atomic mass is 16.5. The van der Waals surface area contributed by atoms with Crippen molar-refractivity contribution in [3.8, 4) is 17.2 Å². The quantitative estimate of drug-likeness (QED) is 0.255. The first-order valence-electron chi connectivity index (χ1n) is 12.0. The summed E-state index contributed by atoms with van der Waals surface area (Å²) in [5.41, 5.74) is 2.87. The second-order valence-electron chi connectivity index (χ2n) is 9.22. The molecule has 5 N–H and O–H groups in total. The molecule has 4 rings (SSSR count). The largest absolute Gasteiger partial charge is 0.508 e. The maximum absolute atomic E-state index is 10.6. The molecule has 8 nitrogen and oxygen atoms in total. The van der Waals surface area contributed by atoms with E-state index in [1.54, 1.807) is 18.2 Å². The van der Waals surface area contributed by atoms with Gasteiger partial charge >= 0.3 is 0 Å². The van der Waals surface area contributed by atoms with Crippen LogP contribution in [-0.2, 0) is 11.3 Å². The van der Waals surface area contributed by atoms with Crippen LogP contribution in [0.15, 0.2) is 60.7 Å². The van der Waals surface area contributed by atoms with E-state index < -0.39 is 0 Å². The third-order valence-corrected chi connectivity index (χ3v) is 6.29. The molecule has 36 heavy (non-hydrogen) atoms. The monoisotopic (exact) mass is 488 g/mol. The maximum Gasteiger partial charge on any atom is 0.142 e. The number of ether oxygens (including phenoxy) is 1. The van der Waals surface area contributed by atoms with Gasteiger partial charge in [-0.1, -0.05) is 38.1 Å². The lowest BCUT2D eigenvalue weighted by Crippen LogP contribution is -2.37. The number of phenols is 3. The van der Waals surface area contributed by atoms with E-state index in [0.29, 0.717) is 16.8 Å². The van der Waals surface area contributed by atoms with Crippen LogP contribution in [0.5, 0.6) is 17.2 Å². The molecule has 1 fully saturated rings. The summed E-state index contributed by atoms with van der Waals surface area (Å²) in [5.74, 6) is -0.463. The van der Waals surface area contributed by atoms with Gasteiger partial charge in [0.25, 0.3) is 0 Å². The lowest BCUT2D eigenvalue weighted by molar-refractivity contribution is 0.0342. The molecular formula is C28H32N4O4. The van der Waals surface area contributed by atoms with Gasteiger partial charge in [0.05, 0.1) is 18.8 Å². The highest BCUT2D eigenvalue weighted by molar-refractivity contribution is 6.28. The van der Waals surface area contributed by atoms with Gasteiger partial charge < -0.3 is 20.1 Å². The Kier molecular flexibility index (Phi) is 7.57. The number of morpholine rings is 1. The summed E-state index contributed by atoms with van der Waals surface area (Å²) in [5, 5.41) is 48.9. The number of phenolic OH excluding ortho intramolecular Hbond substituents is 3. The molecule has 1 aliphatic rings. The van der Waals surface area contributed by atoms with Crippen molar-refractivity contribution < 1.29 is 20.1 Å². The molecule has 0 saturated carbocycles. The number of hydrogen-bond donors (Lipinski definition) is 5. The van der Waals surface area contributed by atoms with Crippen LogP contribution in [0.1, 0.15) is 42.0 Å². The Balaban J connectivity index is 1.72. The first-order valence-corrected chi connectivity index (χ1v) is 12.0. The summed E-state index contributed by atoms with van der Waals surface area (Å²) in [6, 6.07) is 16.8. The minimum Gasteiger partial charge on any atom is -0.508 e. The molecule has 0 aromatic heterocycles. The molecule has 0 aliphatic carbocycles. The molecule has 1 saturated heterocycles. The van der Waals surface area contributed by atoms with Crippen molar-refractivity contribution in [2.45, 2.75) is 26.3 Å².